The molecule has 2 rings (SSSR count). The molecule has 2 unspecified atom stereocenters. The van der Waals surface area contributed by atoms with Crippen LogP contribution in [-0.2, 0) is 6.54 Å². The van der Waals surface area contributed by atoms with Gasteiger partial charge in [-0.15, -0.1) is 10.2 Å². The summed E-state index contributed by atoms with van der Waals surface area (Å²) in [6, 6.07) is 2.61. The highest BCUT2D eigenvalue weighted by molar-refractivity contribution is 5.10. The Bertz CT molecular complexity index is 396. The van der Waals surface area contributed by atoms with Crippen molar-refractivity contribution in [2.45, 2.75) is 32.5 Å². The van der Waals surface area contributed by atoms with Crippen molar-refractivity contribution in [3.63, 3.8) is 0 Å². The smallest absolute Gasteiger partial charge is 0.119 e. The van der Waals surface area contributed by atoms with Gasteiger partial charge in [-0.25, -0.2) is 0 Å². The maximum Gasteiger partial charge on any atom is 0.119 e. The lowest BCUT2D eigenvalue weighted by Gasteiger charge is -2.19. The minimum absolute atomic E-state index is 0.283. The van der Waals surface area contributed by atoms with Crippen LogP contribution in [0.1, 0.15) is 25.5 Å². The molecular weight excluding hydrogens is 204 g/mol. The molecule has 2 heterocycles. The van der Waals surface area contributed by atoms with Crippen molar-refractivity contribution in [2.75, 3.05) is 0 Å². The molecule has 0 fully saturated rings. The fourth-order valence-corrected chi connectivity index (χ4v) is 1.73. The van der Waals surface area contributed by atoms with E-state index >= 15 is 0 Å². The maximum absolute atomic E-state index is 5.06. The van der Waals surface area contributed by atoms with Gasteiger partial charge < -0.3 is 14.3 Å². The summed E-state index contributed by atoms with van der Waals surface area (Å²) in [5.41, 5.74) is 1.16. The molecule has 0 spiro atoms. The van der Waals surface area contributed by atoms with Crippen LogP contribution in [0.4, 0.5) is 0 Å². The van der Waals surface area contributed by atoms with E-state index < -0.39 is 0 Å². The fourth-order valence-electron chi connectivity index (χ4n) is 1.73. The predicted molar refractivity (Wildman–Crippen MR) is 59.7 cm³/mol. The summed E-state index contributed by atoms with van der Waals surface area (Å²) in [4.78, 5) is 0. The number of furan rings is 1. The molecule has 0 aliphatic rings. The molecule has 0 saturated carbocycles. The summed E-state index contributed by atoms with van der Waals surface area (Å²) in [5.74, 6) is 0. The topological polar surface area (TPSA) is 55.9 Å². The molecule has 2 atom stereocenters. The third-order valence-corrected chi connectivity index (χ3v) is 2.53. The van der Waals surface area contributed by atoms with Crippen molar-refractivity contribution < 1.29 is 4.42 Å². The van der Waals surface area contributed by atoms with Crippen LogP contribution in [0.15, 0.2) is 35.7 Å². The van der Waals surface area contributed by atoms with Gasteiger partial charge in [0.15, 0.2) is 0 Å². The van der Waals surface area contributed by atoms with Crippen molar-refractivity contribution in [2.24, 2.45) is 0 Å². The van der Waals surface area contributed by atoms with Crippen LogP contribution in [0.3, 0.4) is 0 Å². The molecule has 86 valence electrons. The Kier molecular flexibility index (Phi) is 3.36. The van der Waals surface area contributed by atoms with Crippen molar-refractivity contribution in [3.05, 3.63) is 36.8 Å². The van der Waals surface area contributed by atoms with Crippen LogP contribution in [0.5, 0.6) is 0 Å². The molecule has 0 bridgehead atoms. The second-order valence-corrected chi connectivity index (χ2v) is 4.00. The standard InChI is InChI=1S/C11H16N4O/c1-9(5-15-7-12-13-8-15)14-10(2)11-3-4-16-6-11/h3-4,6-10,14H,5H2,1-2H3. The van der Waals surface area contributed by atoms with Crippen LogP contribution in [0.25, 0.3) is 0 Å². The zero-order valence-corrected chi connectivity index (χ0v) is 9.50. The second-order valence-electron chi connectivity index (χ2n) is 4.00. The van der Waals surface area contributed by atoms with E-state index in [2.05, 4.69) is 29.4 Å². The molecule has 2 aromatic heterocycles. The second kappa shape index (κ2) is 4.94. The first-order chi connectivity index (χ1) is 7.75. The Hall–Kier alpha value is -1.62. The van der Waals surface area contributed by atoms with Gasteiger partial charge in [0.2, 0.25) is 0 Å². The quantitative estimate of drug-likeness (QED) is 0.831. The van der Waals surface area contributed by atoms with Gasteiger partial charge in [0.05, 0.1) is 12.5 Å². The van der Waals surface area contributed by atoms with Gasteiger partial charge in [0.25, 0.3) is 0 Å². The Morgan fingerprint density at radius 2 is 2.12 bits per heavy atom. The predicted octanol–water partition coefficient (Wildman–Crippen LogP) is 1.61. The molecule has 0 radical (unpaired) electrons. The van der Waals surface area contributed by atoms with Gasteiger partial charge in [-0.2, -0.15) is 0 Å². The summed E-state index contributed by atoms with van der Waals surface area (Å²) in [6.45, 7) is 5.11. The minimum atomic E-state index is 0.283. The maximum atomic E-state index is 5.06. The molecule has 1 N–H and O–H groups in total. The lowest BCUT2D eigenvalue weighted by Crippen LogP contribution is -2.32. The van der Waals surface area contributed by atoms with Crippen molar-refractivity contribution in [3.8, 4) is 0 Å². The number of aromatic nitrogens is 3. The Morgan fingerprint density at radius 3 is 2.75 bits per heavy atom. The molecule has 5 nitrogen and oxygen atoms in total. The molecule has 2 aromatic rings. The van der Waals surface area contributed by atoms with Crippen LogP contribution in [0, 0.1) is 0 Å². The van der Waals surface area contributed by atoms with E-state index in [1.54, 1.807) is 25.2 Å². The van der Waals surface area contributed by atoms with Crippen molar-refractivity contribution >= 4 is 0 Å². The van der Waals surface area contributed by atoms with E-state index in [1.165, 1.54) is 0 Å². The van der Waals surface area contributed by atoms with E-state index in [-0.39, 0.29) is 6.04 Å². The number of rotatable bonds is 5. The minimum Gasteiger partial charge on any atom is -0.472 e. The Morgan fingerprint density at radius 1 is 1.38 bits per heavy atom. The summed E-state index contributed by atoms with van der Waals surface area (Å²) < 4.78 is 7.02. The molecule has 16 heavy (non-hydrogen) atoms. The largest absolute Gasteiger partial charge is 0.472 e. The van der Waals surface area contributed by atoms with E-state index in [4.69, 9.17) is 4.42 Å². The van der Waals surface area contributed by atoms with Gasteiger partial charge in [-0.1, -0.05) is 0 Å². The number of nitrogens with one attached hydrogen (secondary N) is 1. The lowest BCUT2D eigenvalue weighted by atomic mass is 10.1. The highest BCUT2D eigenvalue weighted by Gasteiger charge is 2.10. The van der Waals surface area contributed by atoms with Gasteiger partial charge >= 0.3 is 0 Å². The normalized spacial score (nSPS) is 14.9. The Labute approximate surface area is 94.5 Å². The molecule has 0 aromatic carbocycles. The molecule has 0 amide bonds. The number of nitrogens with zero attached hydrogens (tertiary/aromatic N) is 3. The monoisotopic (exact) mass is 220 g/mol. The number of hydrogen-bond donors (Lipinski definition) is 1. The van der Waals surface area contributed by atoms with Crippen molar-refractivity contribution in [1.82, 2.24) is 20.1 Å². The number of hydrogen-bond acceptors (Lipinski definition) is 4. The van der Waals surface area contributed by atoms with E-state index in [0.29, 0.717) is 6.04 Å². The highest BCUT2D eigenvalue weighted by Crippen LogP contribution is 2.13. The van der Waals surface area contributed by atoms with Gasteiger partial charge in [-0.05, 0) is 19.9 Å². The SMILES string of the molecule is CC(Cn1cnnc1)NC(C)c1ccoc1. The summed E-state index contributed by atoms with van der Waals surface area (Å²) in [5, 5.41) is 11.0. The average molecular weight is 220 g/mol. The average Bonchev–Trinajstić information content (AvgIpc) is 2.88. The van der Waals surface area contributed by atoms with Crippen LogP contribution < -0.4 is 5.32 Å². The zero-order chi connectivity index (χ0) is 11.4. The first kappa shape index (κ1) is 10.9. The lowest BCUT2D eigenvalue weighted by molar-refractivity contribution is 0.427. The molecular formula is C11H16N4O. The fraction of sp³-hybridized carbons (Fsp3) is 0.455. The van der Waals surface area contributed by atoms with Crippen molar-refractivity contribution in [1.29, 1.82) is 0 Å². The summed E-state index contributed by atoms with van der Waals surface area (Å²) >= 11 is 0. The first-order valence-corrected chi connectivity index (χ1v) is 5.36. The van der Waals surface area contributed by atoms with E-state index in [9.17, 15) is 0 Å². The van der Waals surface area contributed by atoms with Gasteiger partial charge in [0, 0.05) is 24.2 Å². The third-order valence-electron chi connectivity index (χ3n) is 2.53. The summed E-state index contributed by atoms with van der Waals surface area (Å²) in [6.07, 6.45) is 6.91. The molecule has 0 aliphatic heterocycles. The van der Waals surface area contributed by atoms with E-state index in [1.807, 2.05) is 10.6 Å². The van der Waals surface area contributed by atoms with Crippen LogP contribution in [0.2, 0.25) is 0 Å². The summed E-state index contributed by atoms with van der Waals surface area (Å²) in [7, 11) is 0. The zero-order valence-electron chi connectivity index (χ0n) is 9.50. The van der Waals surface area contributed by atoms with Crippen LogP contribution >= 0.6 is 0 Å². The first-order valence-electron chi connectivity index (χ1n) is 5.36. The van der Waals surface area contributed by atoms with Crippen LogP contribution in [-0.4, -0.2) is 20.8 Å². The Balaban J connectivity index is 1.85. The van der Waals surface area contributed by atoms with E-state index in [0.717, 1.165) is 12.1 Å². The molecule has 0 saturated heterocycles. The van der Waals surface area contributed by atoms with Gasteiger partial charge in [-0.3, -0.25) is 0 Å². The third kappa shape index (κ3) is 2.70. The molecule has 0 aliphatic carbocycles. The molecule has 5 heteroatoms. The van der Waals surface area contributed by atoms with Gasteiger partial charge in [0.1, 0.15) is 12.7 Å². The highest BCUT2D eigenvalue weighted by atomic mass is 16.3.